The number of aromatic nitrogens is 1. The van der Waals surface area contributed by atoms with Crippen LogP contribution in [-0.2, 0) is 9.47 Å². The molecule has 7 nitrogen and oxygen atoms in total. The highest BCUT2D eigenvalue weighted by Gasteiger charge is 2.32. The molecule has 1 saturated carbocycles. The lowest BCUT2D eigenvalue weighted by atomic mass is 9.81. The van der Waals surface area contributed by atoms with Gasteiger partial charge in [0.2, 0.25) is 0 Å². The molecule has 0 bridgehead atoms. The normalized spacial score (nSPS) is 22.1. The third-order valence-corrected chi connectivity index (χ3v) is 7.45. The SMILES string of the molecule is COC[C@@H](C)NC1CCC(Nc2cc(-c3cc(NCC4(C#N)CCOCC4)ccc3F)c(F)cn2)CC1. The van der Waals surface area contributed by atoms with E-state index < -0.39 is 17.0 Å². The topological polar surface area (TPSA) is 91.2 Å². The number of hydrogen-bond donors (Lipinski definition) is 3. The first-order chi connectivity index (χ1) is 17.9. The van der Waals surface area contributed by atoms with Crippen LogP contribution in [0.1, 0.15) is 45.4 Å². The summed E-state index contributed by atoms with van der Waals surface area (Å²) in [6.45, 7) is 4.32. The predicted octanol–water partition coefficient (Wildman–Crippen LogP) is 5.11. The summed E-state index contributed by atoms with van der Waals surface area (Å²) in [5.41, 5.74) is 0.425. The second kappa shape index (κ2) is 12.6. The van der Waals surface area contributed by atoms with E-state index in [2.05, 4.69) is 33.9 Å². The number of hydrogen-bond acceptors (Lipinski definition) is 7. The van der Waals surface area contributed by atoms with Crippen LogP contribution in [0.5, 0.6) is 0 Å². The van der Waals surface area contributed by atoms with Crippen molar-refractivity contribution in [2.45, 2.75) is 63.6 Å². The van der Waals surface area contributed by atoms with E-state index in [4.69, 9.17) is 9.47 Å². The van der Waals surface area contributed by atoms with Crippen molar-refractivity contribution in [3.05, 3.63) is 42.1 Å². The van der Waals surface area contributed by atoms with Gasteiger partial charge in [0.25, 0.3) is 0 Å². The van der Waals surface area contributed by atoms with E-state index in [0.29, 0.717) is 62.8 Å². The summed E-state index contributed by atoms with van der Waals surface area (Å²) in [6.07, 6.45) is 6.41. The van der Waals surface area contributed by atoms with E-state index in [1.807, 2.05) is 0 Å². The smallest absolute Gasteiger partial charge is 0.149 e. The van der Waals surface area contributed by atoms with E-state index in [1.165, 1.54) is 6.07 Å². The fourth-order valence-corrected chi connectivity index (χ4v) is 5.24. The van der Waals surface area contributed by atoms with Crippen molar-refractivity contribution < 1.29 is 18.3 Å². The van der Waals surface area contributed by atoms with Crippen LogP contribution < -0.4 is 16.0 Å². The number of rotatable bonds is 10. The molecule has 1 aliphatic carbocycles. The van der Waals surface area contributed by atoms with Gasteiger partial charge in [-0.1, -0.05) is 0 Å². The van der Waals surface area contributed by atoms with Crippen LogP contribution >= 0.6 is 0 Å². The van der Waals surface area contributed by atoms with Crippen LogP contribution in [0.25, 0.3) is 11.1 Å². The molecule has 1 aromatic heterocycles. The van der Waals surface area contributed by atoms with E-state index in [9.17, 15) is 14.0 Å². The Balaban J connectivity index is 1.41. The van der Waals surface area contributed by atoms with Crippen molar-refractivity contribution >= 4 is 11.5 Å². The maximum atomic E-state index is 14.8. The van der Waals surface area contributed by atoms with Crippen LogP contribution in [0.4, 0.5) is 20.3 Å². The number of ether oxygens (including phenoxy) is 2. The summed E-state index contributed by atoms with van der Waals surface area (Å²) >= 11 is 0. The van der Waals surface area contributed by atoms with Gasteiger partial charge in [0, 0.05) is 61.8 Å². The summed E-state index contributed by atoms with van der Waals surface area (Å²) in [5, 5.41) is 20.0. The van der Waals surface area contributed by atoms with Gasteiger partial charge in [0.05, 0.1) is 24.3 Å². The summed E-state index contributed by atoms with van der Waals surface area (Å²) in [4.78, 5) is 4.22. The Labute approximate surface area is 218 Å². The minimum atomic E-state index is -0.584. The number of benzene rings is 1. The van der Waals surface area contributed by atoms with Gasteiger partial charge >= 0.3 is 0 Å². The third-order valence-electron chi connectivity index (χ3n) is 7.45. The average molecular weight is 514 g/mol. The number of pyridine rings is 1. The van der Waals surface area contributed by atoms with Crippen LogP contribution in [0, 0.1) is 28.4 Å². The van der Waals surface area contributed by atoms with Crippen molar-refractivity contribution in [1.29, 1.82) is 5.26 Å². The lowest BCUT2D eigenvalue weighted by Crippen LogP contribution is -2.42. The van der Waals surface area contributed by atoms with Gasteiger partial charge in [0.1, 0.15) is 17.5 Å². The zero-order chi connectivity index (χ0) is 26.3. The highest BCUT2D eigenvalue weighted by molar-refractivity contribution is 5.71. The monoisotopic (exact) mass is 513 g/mol. The first-order valence-corrected chi connectivity index (χ1v) is 13.1. The third kappa shape index (κ3) is 7.16. The Morgan fingerprint density at radius 1 is 1.11 bits per heavy atom. The van der Waals surface area contributed by atoms with Crippen LogP contribution in [0.15, 0.2) is 30.5 Å². The van der Waals surface area contributed by atoms with Gasteiger partial charge in [-0.25, -0.2) is 13.8 Å². The zero-order valence-corrected chi connectivity index (χ0v) is 21.7. The molecule has 1 atom stereocenters. The van der Waals surface area contributed by atoms with Gasteiger partial charge in [0.15, 0.2) is 0 Å². The first kappa shape index (κ1) is 27.2. The van der Waals surface area contributed by atoms with Gasteiger partial charge in [-0.05, 0) is 69.7 Å². The Morgan fingerprint density at radius 3 is 2.51 bits per heavy atom. The molecular formula is C28H37F2N5O2. The molecule has 4 rings (SSSR count). The Bertz CT molecular complexity index is 1080. The molecule has 1 aliphatic heterocycles. The number of nitrogens with zero attached hydrogens (tertiary/aromatic N) is 2. The molecule has 3 N–H and O–H groups in total. The van der Waals surface area contributed by atoms with Crippen LogP contribution in [0.3, 0.4) is 0 Å². The average Bonchev–Trinajstić information content (AvgIpc) is 2.91. The van der Waals surface area contributed by atoms with Gasteiger partial charge in [-0.3, -0.25) is 0 Å². The molecule has 37 heavy (non-hydrogen) atoms. The summed E-state index contributed by atoms with van der Waals surface area (Å²) in [5.74, 6) is -0.567. The Hall–Kier alpha value is -2.80. The minimum Gasteiger partial charge on any atom is -0.383 e. The van der Waals surface area contributed by atoms with E-state index in [-0.39, 0.29) is 17.2 Å². The maximum absolute atomic E-state index is 14.8. The molecular weight excluding hydrogens is 476 g/mol. The van der Waals surface area contributed by atoms with Crippen LogP contribution in [-0.4, -0.2) is 56.6 Å². The zero-order valence-electron chi connectivity index (χ0n) is 21.7. The molecule has 2 fully saturated rings. The molecule has 0 unspecified atom stereocenters. The van der Waals surface area contributed by atoms with Gasteiger partial charge in [-0.2, -0.15) is 5.26 Å². The molecule has 200 valence electrons. The van der Waals surface area contributed by atoms with Crippen molar-refractivity contribution in [3.63, 3.8) is 0 Å². The molecule has 1 aromatic carbocycles. The van der Waals surface area contributed by atoms with Crippen LogP contribution in [0.2, 0.25) is 0 Å². The first-order valence-electron chi connectivity index (χ1n) is 13.1. The Morgan fingerprint density at radius 2 is 1.81 bits per heavy atom. The quantitative estimate of drug-likeness (QED) is 0.407. The second-order valence-corrected chi connectivity index (χ2v) is 10.3. The lowest BCUT2D eigenvalue weighted by molar-refractivity contribution is 0.0456. The number of halogens is 2. The number of nitriles is 1. The van der Waals surface area contributed by atoms with Crippen molar-refractivity contribution in [2.24, 2.45) is 5.41 Å². The fourth-order valence-electron chi connectivity index (χ4n) is 5.24. The summed E-state index contributed by atoms with van der Waals surface area (Å²) < 4.78 is 40.3. The number of nitrogens with one attached hydrogen (secondary N) is 3. The molecule has 2 heterocycles. The van der Waals surface area contributed by atoms with E-state index in [0.717, 1.165) is 31.9 Å². The molecule has 0 spiro atoms. The van der Waals surface area contributed by atoms with Crippen molar-refractivity contribution in [3.8, 4) is 17.2 Å². The minimum absolute atomic E-state index is 0.156. The molecule has 0 radical (unpaired) electrons. The highest BCUT2D eigenvalue weighted by atomic mass is 19.1. The molecule has 0 amide bonds. The molecule has 2 aromatic rings. The Kier molecular flexibility index (Phi) is 9.30. The maximum Gasteiger partial charge on any atom is 0.149 e. The van der Waals surface area contributed by atoms with Gasteiger partial charge in [-0.15, -0.1) is 0 Å². The largest absolute Gasteiger partial charge is 0.383 e. The predicted molar refractivity (Wildman–Crippen MR) is 140 cm³/mol. The molecule has 9 heteroatoms. The summed E-state index contributed by atoms with van der Waals surface area (Å²) in [6, 6.07) is 9.51. The lowest BCUT2D eigenvalue weighted by Gasteiger charge is -2.32. The standard InChI is InChI=1S/C28H37F2N5O2/c1-19(16-36-2)34-20-3-5-21(6-4-20)35-27-14-24(26(30)15-32-27)23-13-22(7-8-25(23)29)33-18-28(17-31)9-11-37-12-10-28/h7-8,13-15,19-21,33-34H,3-6,9-12,16,18H2,1-2H3,(H,32,35)/t19-,20?,21?/m1/s1. The van der Waals surface area contributed by atoms with Gasteiger partial charge < -0.3 is 25.4 Å². The molecule has 1 saturated heterocycles. The van der Waals surface area contributed by atoms with Crippen molar-refractivity contribution in [2.75, 3.05) is 44.1 Å². The summed E-state index contributed by atoms with van der Waals surface area (Å²) in [7, 11) is 1.71. The fraction of sp³-hybridized carbons (Fsp3) is 0.571. The van der Waals surface area contributed by atoms with Crippen molar-refractivity contribution in [1.82, 2.24) is 10.3 Å². The highest BCUT2D eigenvalue weighted by Crippen LogP contribution is 2.33. The van der Waals surface area contributed by atoms with E-state index >= 15 is 0 Å². The number of anilines is 2. The number of methoxy groups -OCH3 is 1. The van der Waals surface area contributed by atoms with E-state index in [1.54, 1.807) is 25.3 Å². The second-order valence-electron chi connectivity index (χ2n) is 10.3. The molecule has 2 aliphatic rings.